The molecule has 0 aliphatic heterocycles. The molecule has 1 heterocycles. The summed E-state index contributed by atoms with van der Waals surface area (Å²) in [5, 5.41) is 1.03. The molecular weight excluding hydrogens is 264 g/mol. The first-order valence-corrected chi connectivity index (χ1v) is 6.67. The third-order valence-corrected chi connectivity index (χ3v) is 3.34. The van der Waals surface area contributed by atoms with Gasteiger partial charge in [0.15, 0.2) is 11.3 Å². The van der Waals surface area contributed by atoms with E-state index in [1.165, 1.54) is 0 Å². The number of fused-ring (bicyclic) bond motifs is 1. The maximum atomic E-state index is 5.42. The second kappa shape index (κ2) is 5.75. The van der Waals surface area contributed by atoms with Gasteiger partial charge in [0.25, 0.3) is 0 Å². The lowest BCUT2D eigenvalue weighted by Gasteiger charge is -2.03. The van der Waals surface area contributed by atoms with Crippen LogP contribution in [0.3, 0.4) is 0 Å². The van der Waals surface area contributed by atoms with Crippen molar-refractivity contribution in [1.29, 1.82) is 0 Å². The Bertz CT molecular complexity index is 767. The Kier molecular flexibility index (Phi) is 3.65. The number of hydrogen-bond donors (Lipinski definition) is 0. The van der Waals surface area contributed by atoms with Crippen molar-refractivity contribution in [3.63, 3.8) is 0 Å². The van der Waals surface area contributed by atoms with E-state index in [0.29, 0.717) is 0 Å². The van der Waals surface area contributed by atoms with Gasteiger partial charge in [0.1, 0.15) is 5.75 Å². The van der Waals surface area contributed by atoms with Crippen molar-refractivity contribution >= 4 is 23.1 Å². The van der Waals surface area contributed by atoms with Gasteiger partial charge in [0.05, 0.1) is 20.5 Å². The monoisotopic (exact) mass is 280 g/mol. The van der Waals surface area contributed by atoms with E-state index in [1.807, 2.05) is 36.4 Å². The van der Waals surface area contributed by atoms with Crippen LogP contribution in [-0.4, -0.2) is 14.2 Å². The molecule has 1 aromatic heterocycles. The Morgan fingerprint density at radius 3 is 2.33 bits per heavy atom. The van der Waals surface area contributed by atoms with Crippen LogP contribution in [0.25, 0.3) is 23.1 Å². The van der Waals surface area contributed by atoms with Crippen molar-refractivity contribution < 1.29 is 13.9 Å². The van der Waals surface area contributed by atoms with Gasteiger partial charge in [-0.3, -0.25) is 0 Å². The molecule has 0 aliphatic rings. The van der Waals surface area contributed by atoms with E-state index in [-0.39, 0.29) is 0 Å². The van der Waals surface area contributed by atoms with Gasteiger partial charge in [0, 0.05) is 5.39 Å². The van der Waals surface area contributed by atoms with Gasteiger partial charge in [-0.25, -0.2) is 0 Å². The lowest BCUT2D eigenvalue weighted by Crippen LogP contribution is -1.84. The average molecular weight is 280 g/mol. The maximum absolute atomic E-state index is 5.42. The molecule has 2 aromatic carbocycles. The summed E-state index contributed by atoms with van der Waals surface area (Å²) >= 11 is 0. The normalized spacial score (nSPS) is 11.1. The highest BCUT2D eigenvalue weighted by atomic mass is 16.5. The van der Waals surface area contributed by atoms with Crippen molar-refractivity contribution in [3.8, 4) is 11.5 Å². The van der Waals surface area contributed by atoms with Gasteiger partial charge < -0.3 is 13.9 Å². The van der Waals surface area contributed by atoms with Gasteiger partial charge in [-0.05, 0) is 41.5 Å². The summed E-state index contributed by atoms with van der Waals surface area (Å²) in [5.74, 6) is 1.60. The molecule has 0 aliphatic carbocycles. The zero-order chi connectivity index (χ0) is 14.7. The Labute approximate surface area is 123 Å². The molecule has 3 nitrogen and oxygen atoms in total. The predicted octanol–water partition coefficient (Wildman–Crippen LogP) is 4.62. The fraction of sp³-hybridized carbons (Fsp3) is 0.111. The molecule has 0 N–H and O–H groups in total. The average Bonchev–Trinajstić information content (AvgIpc) is 3.01. The molecule has 106 valence electrons. The molecule has 0 saturated carbocycles. The van der Waals surface area contributed by atoms with Crippen molar-refractivity contribution in [2.45, 2.75) is 0 Å². The van der Waals surface area contributed by atoms with E-state index in [2.05, 4.69) is 18.2 Å². The Balaban J connectivity index is 1.91. The van der Waals surface area contributed by atoms with Crippen molar-refractivity contribution in [3.05, 3.63) is 59.9 Å². The molecule has 0 unspecified atom stereocenters. The highest BCUT2D eigenvalue weighted by molar-refractivity contribution is 5.87. The van der Waals surface area contributed by atoms with E-state index in [1.54, 1.807) is 20.5 Å². The number of ether oxygens (including phenoxy) is 2. The quantitative estimate of drug-likeness (QED) is 0.653. The van der Waals surface area contributed by atoms with Crippen molar-refractivity contribution in [2.75, 3.05) is 14.2 Å². The molecule has 0 spiro atoms. The van der Waals surface area contributed by atoms with E-state index in [9.17, 15) is 0 Å². The van der Waals surface area contributed by atoms with E-state index in [4.69, 9.17) is 13.9 Å². The number of hydrogen-bond acceptors (Lipinski definition) is 3. The third kappa shape index (κ3) is 2.77. The summed E-state index contributed by atoms with van der Waals surface area (Å²) in [5.41, 5.74) is 2.96. The minimum Gasteiger partial charge on any atom is -0.497 e. The molecule has 0 radical (unpaired) electrons. The Morgan fingerprint density at radius 1 is 0.857 bits per heavy atom. The van der Waals surface area contributed by atoms with Crippen molar-refractivity contribution in [2.24, 2.45) is 0 Å². The molecule has 3 heteroatoms. The van der Waals surface area contributed by atoms with E-state index in [0.717, 1.165) is 33.6 Å². The number of furan rings is 1. The highest BCUT2D eigenvalue weighted by Gasteiger charge is 2.05. The molecule has 0 saturated heterocycles. The lowest BCUT2D eigenvalue weighted by atomic mass is 10.1. The SMILES string of the molecule is COc1ccc(/C=C\c2cc(OC)c3occc3c2)cc1. The Hall–Kier alpha value is -2.68. The third-order valence-electron chi connectivity index (χ3n) is 3.34. The van der Waals surface area contributed by atoms with Crippen molar-refractivity contribution in [1.82, 2.24) is 0 Å². The summed E-state index contributed by atoms with van der Waals surface area (Å²) in [6.45, 7) is 0. The second-order valence-electron chi connectivity index (χ2n) is 4.67. The number of rotatable bonds is 4. The fourth-order valence-corrected chi connectivity index (χ4v) is 2.23. The molecule has 3 rings (SSSR count). The predicted molar refractivity (Wildman–Crippen MR) is 84.7 cm³/mol. The molecule has 3 aromatic rings. The summed E-state index contributed by atoms with van der Waals surface area (Å²) < 4.78 is 15.9. The van der Waals surface area contributed by atoms with Gasteiger partial charge in [-0.2, -0.15) is 0 Å². The van der Waals surface area contributed by atoms with Crippen LogP contribution in [0.5, 0.6) is 11.5 Å². The van der Waals surface area contributed by atoms with Crippen LogP contribution in [0.15, 0.2) is 53.1 Å². The van der Waals surface area contributed by atoms with Crippen LogP contribution in [0.2, 0.25) is 0 Å². The van der Waals surface area contributed by atoms with Gasteiger partial charge in [-0.15, -0.1) is 0 Å². The molecule has 21 heavy (non-hydrogen) atoms. The van der Waals surface area contributed by atoms with Crippen LogP contribution >= 0.6 is 0 Å². The second-order valence-corrected chi connectivity index (χ2v) is 4.67. The maximum Gasteiger partial charge on any atom is 0.175 e. The van der Waals surface area contributed by atoms with Crippen LogP contribution in [0.4, 0.5) is 0 Å². The van der Waals surface area contributed by atoms with Crippen LogP contribution < -0.4 is 9.47 Å². The first kappa shape index (κ1) is 13.3. The van der Waals surface area contributed by atoms with E-state index < -0.39 is 0 Å². The summed E-state index contributed by atoms with van der Waals surface area (Å²) in [6, 6.07) is 13.9. The molecular formula is C18H16O3. The summed E-state index contributed by atoms with van der Waals surface area (Å²) in [7, 11) is 3.31. The first-order valence-electron chi connectivity index (χ1n) is 6.67. The minimum atomic E-state index is 0.742. The zero-order valence-corrected chi connectivity index (χ0v) is 12.0. The smallest absolute Gasteiger partial charge is 0.175 e. The fourth-order valence-electron chi connectivity index (χ4n) is 2.23. The molecule has 0 bridgehead atoms. The number of methoxy groups -OCH3 is 2. The van der Waals surface area contributed by atoms with Gasteiger partial charge >= 0.3 is 0 Å². The largest absolute Gasteiger partial charge is 0.497 e. The standard InChI is InChI=1S/C18H16O3/c1-19-16-7-5-13(6-8-16)3-4-14-11-15-9-10-21-18(15)17(12-14)20-2/h3-12H,1-2H3/b4-3-. The molecule has 0 amide bonds. The highest BCUT2D eigenvalue weighted by Crippen LogP contribution is 2.29. The summed E-state index contributed by atoms with van der Waals surface area (Å²) in [6.07, 6.45) is 5.78. The molecule has 0 atom stereocenters. The van der Waals surface area contributed by atoms with E-state index >= 15 is 0 Å². The van der Waals surface area contributed by atoms with Crippen LogP contribution in [0.1, 0.15) is 11.1 Å². The first-order chi connectivity index (χ1) is 10.3. The van der Waals surface area contributed by atoms with Gasteiger partial charge in [-0.1, -0.05) is 24.3 Å². The Morgan fingerprint density at radius 2 is 1.62 bits per heavy atom. The summed E-state index contributed by atoms with van der Waals surface area (Å²) in [4.78, 5) is 0. The minimum absolute atomic E-state index is 0.742. The topological polar surface area (TPSA) is 31.6 Å². The molecule has 0 fully saturated rings. The lowest BCUT2D eigenvalue weighted by molar-refractivity contribution is 0.410. The van der Waals surface area contributed by atoms with Gasteiger partial charge in [0.2, 0.25) is 0 Å². The number of benzene rings is 2. The zero-order valence-electron chi connectivity index (χ0n) is 12.0. The van der Waals surface area contributed by atoms with Crippen LogP contribution in [-0.2, 0) is 0 Å². The van der Waals surface area contributed by atoms with Crippen LogP contribution in [0, 0.1) is 0 Å².